The van der Waals surface area contributed by atoms with E-state index in [2.05, 4.69) is 10.3 Å². The summed E-state index contributed by atoms with van der Waals surface area (Å²) < 4.78 is 5.39. The molecule has 2 heterocycles. The van der Waals surface area contributed by atoms with Gasteiger partial charge in [-0.1, -0.05) is 29.3 Å². The summed E-state index contributed by atoms with van der Waals surface area (Å²) in [6.45, 7) is 8.05. The van der Waals surface area contributed by atoms with Crippen molar-refractivity contribution in [3.05, 3.63) is 33.6 Å². The normalized spacial score (nSPS) is 15.2. The van der Waals surface area contributed by atoms with Crippen molar-refractivity contribution in [2.45, 2.75) is 26.4 Å². The molecule has 0 atom stereocenters. The molecule has 1 N–H and O–H groups in total. The highest BCUT2D eigenvalue weighted by Crippen LogP contribution is 2.31. The fourth-order valence-electron chi connectivity index (χ4n) is 2.89. The van der Waals surface area contributed by atoms with E-state index in [1.165, 1.54) is 11.3 Å². The minimum Gasteiger partial charge on any atom is -0.444 e. The first kappa shape index (κ1) is 22.8. The van der Waals surface area contributed by atoms with Gasteiger partial charge in [-0.3, -0.25) is 9.69 Å². The van der Waals surface area contributed by atoms with Crippen LogP contribution >= 0.6 is 34.5 Å². The van der Waals surface area contributed by atoms with Crippen LogP contribution in [0.3, 0.4) is 0 Å². The molecular formula is C20H24Cl2N4O3S. The van der Waals surface area contributed by atoms with Gasteiger partial charge in [-0.15, -0.1) is 11.3 Å². The van der Waals surface area contributed by atoms with E-state index >= 15 is 0 Å². The fraction of sp³-hybridized carbons (Fsp3) is 0.450. The highest BCUT2D eigenvalue weighted by molar-refractivity contribution is 7.13. The molecule has 0 saturated carbocycles. The summed E-state index contributed by atoms with van der Waals surface area (Å²) in [6.07, 6.45) is -0.316. The largest absolute Gasteiger partial charge is 0.444 e. The summed E-state index contributed by atoms with van der Waals surface area (Å²) >= 11 is 13.4. The van der Waals surface area contributed by atoms with Gasteiger partial charge in [0.15, 0.2) is 0 Å². The van der Waals surface area contributed by atoms with Crippen LogP contribution in [0.25, 0.3) is 10.6 Å². The van der Waals surface area contributed by atoms with E-state index in [0.29, 0.717) is 42.0 Å². The molecule has 1 saturated heterocycles. The maximum atomic E-state index is 12.4. The molecule has 1 aromatic heterocycles. The number of hydrogen-bond donors (Lipinski definition) is 1. The van der Waals surface area contributed by atoms with Gasteiger partial charge in [0.2, 0.25) is 5.91 Å². The van der Waals surface area contributed by atoms with E-state index < -0.39 is 5.60 Å². The highest BCUT2D eigenvalue weighted by atomic mass is 35.5. The third kappa shape index (κ3) is 6.31. The van der Waals surface area contributed by atoms with Crippen LogP contribution in [0.1, 0.15) is 20.8 Å². The molecule has 162 valence electrons. The van der Waals surface area contributed by atoms with E-state index in [-0.39, 0.29) is 18.5 Å². The second-order valence-electron chi connectivity index (χ2n) is 7.96. The Morgan fingerprint density at radius 3 is 2.50 bits per heavy atom. The number of piperazine rings is 1. The third-order valence-electron chi connectivity index (χ3n) is 4.33. The monoisotopic (exact) mass is 470 g/mol. The van der Waals surface area contributed by atoms with Gasteiger partial charge in [0, 0.05) is 37.1 Å². The number of amides is 2. The molecule has 1 aliphatic heterocycles. The quantitative estimate of drug-likeness (QED) is 0.705. The van der Waals surface area contributed by atoms with Gasteiger partial charge in [0.05, 0.1) is 16.6 Å². The zero-order chi connectivity index (χ0) is 21.9. The summed E-state index contributed by atoms with van der Waals surface area (Å²) in [5.41, 5.74) is 0.325. The molecular weight excluding hydrogens is 447 g/mol. The van der Waals surface area contributed by atoms with E-state index in [9.17, 15) is 9.59 Å². The Morgan fingerprint density at radius 1 is 1.17 bits per heavy atom. The van der Waals surface area contributed by atoms with E-state index in [1.54, 1.807) is 22.4 Å². The molecule has 0 bridgehead atoms. The zero-order valence-corrected chi connectivity index (χ0v) is 19.4. The molecule has 0 radical (unpaired) electrons. The Labute approximate surface area is 189 Å². The molecule has 2 amide bonds. The molecule has 0 unspecified atom stereocenters. The molecule has 2 aromatic rings. The Morgan fingerprint density at radius 2 is 1.87 bits per heavy atom. The van der Waals surface area contributed by atoms with Crippen LogP contribution in [0, 0.1) is 0 Å². The minimum absolute atomic E-state index is 0.147. The van der Waals surface area contributed by atoms with Crippen molar-refractivity contribution in [2.24, 2.45) is 0 Å². The number of aromatic nitrogens is 1. The number of carbonyl (C=O) groups excluding carboxylic acids is 2. The van der Waals surface area contributed by atoms with Crippen molar-refractivity contribution in [3.63, 3.8) is 0 Å². The maximum absolute atomic E-state index is 12.4. The molecule has 10 heteroatoms. The van der Waals surface area contributed by atoms with E-state index in [0.717, 1.165) is 10.6 Å². The number of benzene rings is 1. The average Bonchev–Trinajstić information content (AvgIpc) is 3.11. The minimum atomic E-state index is -0.516. The van der Waals surface area contributed by atoms with E-state index in [4.69, 9.17) is 27.9 Å². The topological polar surface area (TPSA) is 74.8 Å². The second kappa shape index (κ2) is 9.51. The van der Waals surface area contributed by atoms with Crippen LogP contribution in [0.5, 0.6) is 0 Å². The van der Waals surface area contributed by atoms with Crippen LogP contribution in [-0.2, 0) is 9.53 Å². The van der Waals surface area contributed by atoms with Crippen molar-refractivity contribution in [1.29, 1.82) is 0 Å². The van der Waals surface area contributed by atoms with Gasteiger partial charge in [0.25, 0.3) is 0 Å². The second-order valence-corrected chi connectivity index (χ2v) is 9.63. The van der Waals surface area contributed by atoms with E-state index in [1.807, 2.05) is 31.7 Å². The zero-order valence-electron chi connectivity index (χ0n) is 17.1. The SMILES string of the molecule is CC(C)(C)OC(=O)N1CCN(CC(=O)Nc2csc(-c3ccc(Cl)c(Cl)c3)n2)CC1. The standard InChI is InChI=1S/C20H24Cl2N4O3S/c1-20(2,3)29-19(28)26-8-6-25(7-9-26)11-17(27)23-16-12-30-18(24-16)13-4-5-14(21)15(22)10-13/h4-5,10,12H,6-9,11H2,1-3H3,(H,23,27). The molecule has 0 spiro atoms. The number of ether oxygens (including phenoxy) is 1. The summed E-state index contributed by atoms with van der Waals surface area (Å²) in [7, 11) is 0. The Hall–Kier alpha value is -1.87. The molecule has 0 aliphatic carbocycles. The van der Waals surface area contributed by atoms with Crippen LogP contribution < -0.4 is 5.32 Å². The number of nitrogens with one attached hydrogen (secondary N) is 1. The molecule has 30 heavy (non-hydrogen) atoms. The maximum Gasteiger partial charge on any atom is 0.410 e. The predicted molar refractivity (Wildman–Crippen MR) is 120 cm³/mol. The molecule has 7 nitrogen and oxygen atoms in total. The number of rotatable bonds is 4. The predicted octanol–water partition coefficient (Wildman–Crippen LogP) is 4.61. The Kier molecular flexibility index (Phi) is 7.23. The number of anilines is 1. The molecule has 1 aromatic carbocycles. The summed E-state index contributed by atoms with van der Waals surface area (Å²) in [5.74, 6) is 0.352. The van der Waals surface area contributed by atoms with Crippen molar-refractivity contribution in [2.75, 3.05) is 38.0 Å². The van der Waals surface area contributed by atoms with Crippen molar-refractivity contribution in [3.8, 4) is 10.6 Å². The van der Waals surface area contributed by atoms with Crippen LogP contribution in [-0.4, -0.2) is 65.1 Å². The van der Waals surface area contributed by atoms with Crippen LogP contribution in [0.15, 0.2) is 23.6 Å². The summed E-state index contributed by atoms with van der Waals surface area (Å²) in [6, 6.07) is 5.30. The average molecular weight is 471 g/mol. The first-order valence-corrected chi connectivity index (χ1v) is 11.2. The van der Waals surface area contributed by atoms with Gasteiger partial charge in [0.1, 0.15) is 16.4 Å². The third-order valence-corrected chi connectivity index (χ3v) is 5.96. The van der Waals surface area contributed by atoms with Gasteiger partial charge >= 0.3 is 6.09 Å². The van der Waals surface area contributed by atoms with Gasteiger partial charge in [-0.2, -0.15) is 0 Å². The number of halogens is 2. The number of hydrogen-bond acceptors (Lipinski definition) is 6. The number of nitrogens with zero attached hydrogens (tertiary/aromatic N) is 3. The summed E-state index contributed by atoms with van der Waals surface area (Å²) in [5, 5.41) is 6.30. The first-order valence-electron chi connectivity index (χ1n) is 9.52. The van der Waals surface area contributed by atoms with Crippen LogP contribution in [0.2, 0.25) is 10.0 Å². The van der Waals surface area contributed by atoms with Gasteiger partial charge < -0.3 is 15.0 Å². The lowest BCUT2D eigenvalue weighted by molar-refractivity contribution is -0.117. The highest BCUT2D eigenvalue weighted by Gasteiger charge is 2.26. The van der Waals surface area contributed by atoms with Crippen molar-refractivity contribution < 1.29 is 14.3 Å². The lowest BCUT2D eigenvalue weighted by atomic mass is 10.2. The number of thiazole rings is 1. The summed E-state index contributed by atoms with van der Waals surface area (Å²) in [4.78, 5) is 32.6. The lowest BCUT2D eigenvalue weighted by Gasteiger charge is -2.35. The van der Waals surface area contributed by atoms with Gasteiger partial charge in [-0.05, 0) is 32.9 Å². The Balaban J connectivity index is 1.48. The fourth-order valence-corrected chi connectivity index (χ4v) is 3.94. The first-order chi connectivity index (χ1) is 14.1. The smallest absolute Gasteiger partial charge is 0.410 e. The van der Waals surface area contributed by atoms with Crippen LogP contribution in [0.4, 0.5) is 10.6 Å². The molecule has 3 rings (SSSR count). The lowest BCUT2D eigenvalue weighted by Crippen LogP contribution is -2.51. The van der Waals surface area contributed by atoms with Crippen molar-refractivity contribution >= 4 is 52.4 Å². The van der Waals surface area contributed by atoms with Gasteiger partial charge in [-0.25, -0.2) is 9.78 Å². The molecule has 1 fully saturated rings. The number of carbonyl (C=O) groups is 2. The Bertz CT molecular complexity index is 921. The van der Waals surface area contributed by atoms with Crippen molar-refractivity contribution in [1.82, 2.24) is 14.8 Å². The molecule has 1 aliphatic rings.